The van der Waals surface area contributed by atoms with Crippen molar-refractivity contribution in [2.75, 3.05) is 27.3 Å². The molecule has 0 spiro atoms. The third-order valence-electron chi connectivity index (χ3n) is 3.34. The van der Waals surface area contributed by atoms with Gasteiger partial charge >= 0.3 is 0 Å². The summed E-state index contributed by atoms with van der Waals surface area (Å²) in [5.74, 6) is 1.89. The summed E-state index contributed by atoms with van der Waals surface area (Å²) in [5, 5.41) is 3.27. The van der Waals surface area contributed by atoms with Gasteiger partial charge in [0.15, 0.2) is 17.3 Å². The van der Waals surface area contributed by atoms with Gasteiger partial charge in [-0.05, 0) is 43.6 Å². The van der Waals surface area contributed by atoms with Gasteiger partial charge < -0.3 is 14.8 Å². The van der Waals surface area contributed by atoms with Gasteiger partial charge in [-0.25, -0.2) is 0 Å². The number of nitrogens with one attached hydrogen (secondary N) is 1. The fourth-order valence-electron chi connectivity index (χ4n) is 2.28. The van der Waals surface area contributed by atoms with Crippen molar-refractivity contribution in [1.82, 2.24) is 5.32 Å². The number of methoxy groups -OCH3 is 2. The number of carbonyl (C=O) groups is 1. The van der Waals surface area contributed by atoms with Crippen molar-refractivity contribution in [3.63, 3.8) is 0 Å². The van der Waals surface area contributed by atoms with Crippen LogP contribution in [-0.4, -0.2) is 33.1 Å². The lowest BCUT2D eigenvalue weighted by Crippen LogP contribution is -2.13. The van der Waals surface area contributed by atoms with Gasteiger partial charge in [-0.15, -0.1) is 0 Å². The van der Waals surface area contributed by atoms with Crippen LogP contribution in [0.3, 0.4) is 0 Å². The largest absolute Gasteiger partial charge is 0.493 e. The summed E-state index contributed by atoms with van der Waals surface area (Å²) >= 11 is 0. The fourth-order valence-corrected chi connectivity index (χ4v) is 2.28. The summed E-state index contributed by atoms with van der Waals surface area (Å²) in [7, 11) is 3.16. The zero-order valence-corrected chi connectivity index (χ0v) is 10.9. The van der Waals surface area contributed by atoms with Crippen LogP contribution >= 0.6 is 0 Å². The first kappa shape index (κ1) is 12.9. The topological polar surface area (TPSA) is 47.6 Å². The van der Waals surface area contributed by atoms with Crippen LogP contribution in [0.25, 0.3) is 0 Å². The van der Waals surface area contributed by atoms with Crippen LogP contribution in [0.4, 0.5) is 0 Å². The Balaban J connectivity index is 2.09. The highest BCUT2D eigenvalue weighted by molar-refractivity contribution is 5.96. The Morgan fingerprint density at radius 2 is 2.11 bits per heavy atom. The number of benzene rings is 1. The van der Waals surface area contributed by atoms with Crippen molar-refractivity contribution in [2.24, 2.45) is 5.92 Å². The maximum atomic E-state index is 12.1. The molecule has 0 bridgehead atoms. The Morgan fingerprint density at radius 1 is 1.33 bits per heavy atom. The summed E-state index contributed by atoms with van der Waals surface area (Å²) in [5.41, 5.74) is 0.694. The Kier molecular flexibility index (Phi) is 4.20. The van der Waals surface area contributed by atoms with Gasteiger partial charge in [0, 0.05) is 12.0 Å². The Labute approximate surface area is 107 Å². The van der Waals surface area contributed by atoms with E-state index in [-0.39, 0.29) is 5.78 Å². The third-order valence-corrected chi connectivity index (χ3v) is 3.34. The Bertz CT molecular complexity index is 425. The second-order valence-electron chi connectivity index (χ2n) is 4.56. The van der Waals surface area contributed by atoms with Gasteiger partial charge in [0.05, 0.1) is 14.2 Å². The summed E-state index contributed by atoms with van der Waals surface area (Å²) in [6, 6.07) is 5.33. The van der Waals surface area contributed by atoms with Crippen molar-refractivity contribution in [3.8, 4) is 11.5 Å². The van der Waals surface area contributed by atoms with Crippen LogP contribution in [0.15, 0.2) is 18.2 Å². The van der Waals surface area contributed by atoms with E-state index in [0.717, 1.165) is 19.5 Å². The molecule has 0 saturated carbocycles. The zero-order chi connectivity index (χ0) is 13.0. The summed E-state index contributed by atoms with van der Waals surface area (Å²) in [6.45, 7) is 1.96. The van der Waals surface area contributed by atoms with Crippen LogP contribution in [-0.2, 0) is 0 Å². The summed E-state index contributed by atoms with van der Waals surface area (Å²) in [6.07, 6.45) is 1.68. The molecule has 1 saturated heterocycles. The predicted molar refractivity (Wildman–Crippen MR) is 69.5 cm³/mol. The van der Waals surface area contributed by atoms with Crippen LogP contribution in [0.1, 0.15) is 23.2 Å². The second kappa shape index (κ2) is 5.87. The molecule has 1 aliphatic rings. The molecule has 2 rings (SSSR count). The SMILES string of the molecule is COc1ccc(C(=O)CC2CCNC2)cc1OC. The molecule has 1 aromatic carbocycles. The number of hydrogen-bond donors (Lipinski definition) is 1. The van der Waals surface area contributed by atoms with Gasteiger partial charge in [-0.2, -0.15) is 0 Å². The number of ether oxygens (including phenoxy) is 2. The smallest absolute Gasteiger partial charge is 0.163 e. The molecule has 1 unspecified atom stereocenters. The van der Waals surface area contributed by atoms with E-state index < -0.39 is 0 Å². The summed E-state index contributed by atoms with van der Waals surface area (Å²) in [4.78, 5) is 12.1. The molecule has 18 heavy (non-hydrogen) atoms. The maximum absolute atomic E-state index is 12.1. The molecular formula is C14H19NO3. The first-order valence-corrected chi connectivity index (χ1v) is 6.20. The molecule has 1 aliphatic heterocycles. The first-order chi connectivity index (χ1) is 8.74. The Hall–Kier alpha value is -1.55. The minimum absolute atomic E-state index is 0.171. The minimum Gasteiger partial charge on any atom is -0.493 e. The van der Waals surface area contributed by atoms with E-state index in [9.17, 15) is 4.79 Å². The fraction of sp³-hybridized carbons (Fsp3) is 0.500. The van der Waals surface area contributed by atoms with Crippen LogP contribution in [0.5, 0.6) is 11.5 Å². The zero-order valence-electron chi connectivity index (χ0n) is 10.9. The highest BCUT2D eigenvalue weighted by atomic mass is 16.5. The molecule has 4 heteroatoms. The van der Waals surface area contributed by atoms with Crippen LogP contribution in [0, 0.1) is 5.92 Å². The normalized spacial score (nSPS) is 18.7. The quantitative estimate of drug-likeness (QED) is 0.809. The second-order valence-corrected chi connectivity index (χ2v) is 4.56. The lowest BCUT2D eigenvalue weighted by Gasteiger charge is -2.10. The van der Waals surface area contributed by atoms with Gasteiger partial charge in [-0.1, -0.05) is 0 Å². The number of Topliss-reactive ketones (excluding diaryl/α,β-unsaturated/α-hetero) is 1. The van der Waals surface area contributed by atoms with Gasteiger partial charge in [0.25, 0.3) is 0 Å². The highest BCUT2D eigenvalue weighted by Gasteiger charge is 2.19. The van der Waals surface area contributed by atoms with Crippen molar-refractivity contribution in [1.29, 1.82) is 0 Å². The average molecular weight is 249 g/mol. The molecule has 0 radical (unpaired) electrons. The van der Waals surface area contributed by atoms with Crippen molar-refractivity contribution < 1.29 is 14.3 Å². The lowest BCUT2D eigenvalue weighted by molar-refractivity contribution is 0.0964. The molecular weight excluding hydrogens is 230 g/mol. The summed E-state index contributed by atoms with van der Waals surface area (Å²) < 4.78 is 10.4. The number of hydrogen-bond acceptors (Lipinski definition) is 4. The first-order valence-electron chi connectivity index (χ1n) is 6.20. The molecule has 0 aromatic heterocycles. The maximum Gasteiger partial charge on any atom is 0.163 e. The monoisotopic (exact) mass is 249 g/mol. The average Bonchev–Trinajstić information content (AvgIpc) is 2.90. The standard InChI is InChI=1S/C14H19NO3/c1-17-13-4-3-11(8-14(13)18-2)12(16)7-10-5-6-15-9-10/h3-4,8,10,15H,5-7,9H2,1-2H3. The molecule has 1 aromatic rings. The molecule has 1 atom stereocenters. The van der Waals surface area contributed by atoms with E-state index in [0.29, 0.717) is 29.4 Å². The molecule has 0 aliphatic carbocycles. The lowest BCUT2D eigenvalue weighted by atomic mass is 9.97. The molecule has 1 fully saturated rings. The molecule has 0 amide bonds. The van der Waals surface area contributed by atoms with E-state index in [1.807, 2.05) is 0 Å². The van der Waals surface area contributed by atoms with E-state index in [1.54, 1.807) is 32.4 Å². The predicted octanol–water partition coefficient (Wildman–Crippen LogP) is 1.89. The molecule has 98 valence electrons. The number of ketones is 1. The van der Waals surface area contributed by atoms with Crippen LogP contribution in [0.2, 0.25) is 0 Å². The van der Waals surface area contributed by atoms with Crippen molar-refractivity contribution in [3.05, 3.63) is 23.8 Å². The number of carbonyl (C=O) groups excluding carboxylic acids is 1. The van der Waals surface area contributed by atoms with Gasteiger partial charge in [0.2, 0.25) is 0 Å². The molecule has 4 nitrogen and oxygen atoms in total. The third kappa shape index (κ3) is 2.82. The number of rotatable bonds is 5. The van der Waals surface area contributed by atoms with E-state index in [4.69, 9.17) is 9.47 Å². The highest BCUT2D eigenvalue weighted by Crippen LogP contribution is 2.28. The van der Waals surface area contributed by atoms with E-state index >= 15 is 0 Å². The Morgan fingerprint density at radius 3 is 2.72 bits per heavy atom. The van der Waals surface area contributed by atoms with Crippen LogP contribution < -0.4 is 14.8 Å². The van der Waals surface area contributed by atoms with Gasteiger partial charge in [0.1, 0.15) is 0 Å². The minimum atomic E-state index is 0.171. The van der Waals surface area contributed by atoms with E-state index in [1.165, 1.54) is 0 Å². The van der Waals surface area contributed by atoms with Gasteiger partial charge in [-0.3, -0.25) is 4.79 Å². The molecule has 1 N–H and O–H groups in total. The molecule has 1 heterocycles. The van der Waals surface area contributed by atoms with Crippen molar-refractivity contribution >= 4 is 5.78 Å². The van der Waals surface area contributed by atoms with E-state index in [2.05, 4.69) is 5.32 Å². The van der Waals surface area contributed by atoms with Crippen molar-refractivity contribution in [2.45, 2.75) is 12.8 Å².